The molecule has 0 saturated carbocycles. The lowest BCUT2D eigenvalue weighted by Gasteiger charge is -2.18. The molecule has 0 aliphatic carbocycles. The summed E-state index contributed by atoms with van der Waals surface area (Å²) in [5.41, 5.74) is 6.93. The lowest BCUT2D eigenvalue weighted by Crippen LogP contribution is -2.24. The second-order valence-electron chi connectivity index (χ2n) is 9.72. The molecule has 0 bridgehead atoms. The van der Waals surface area contributed by atoms with Gasteiger partial charge in [0, 0.05) is 16.8 Å². The number of amides is 1. The van der Waals surface area contributed by atoms with E-state index in [2.05, 4.69) is 25.2 Å². The molecule has 3 aromatic carbocycles. The van der Waals surface area contributed by atoms with E-state index in [1.807, 2.05) is 92.7 Å². The molecule has 4 rings (SSSR count). The summed E-state index contributed by atoms with van der Waals surface area (Å²) in [5, 5.41) is 13.4. The highest BCUT2D eigenvalue weighted by molar-refractivity contribution is 8.00. The first-order chi connectivity index (χ1) is 18.8. The fourth-order valence-corrected chi connectivity index (χ4v) is 5.24. The summed E-state index contributed by atoms with van der Waals surface area (Å²) in [6, 6.07) is 28.0. The number of aromatic nitrogens is 1. The zero-order chi connectivity index (χ0) is 27.9. The van der Waals surface area contributed by atoms with Crippen molar-refractivity contribution >= 4 is 23.4 Å². The van der Waals surface area contributed by atoms with Crippen LogP contribution in [0.15, 0.2) is 83.9 Å². The third kappa shape index (κ3) is 6.68. The molecule has 0 fully saturated rings. The van der Waals surface area contributed by atoms with Gasteiger partial charge in [-0.1, -0.05) is 74.5 Å². The summed E-state index contributed by atoms with van der Waals surface area (Å²) in [6.07, 6.45) is 0.583. The standard InChI is InChI=1S/C33H33N3O2S/c1-6-31(32(37)35-26-15-11-23(12-16-26)21(2)3)39-33-29(20-34)28(24-9-7-22(4)8-10-24)19-30(36-33)25-13-17-27(38-5)18-14-25/h7-19,21,31H,6H2,1-5H3,(H,35,37). The molecule has 39 heavy (non-hydrogen) atoms. The van der Waals surface area contributed by atoms with Crippen LogP contribution in [0.4, 0.5) is 5.69 Å². The van der Waals surface area contributed by atoms with Gasteiger partial charge in [0.2, 0.25) is 5.91 Å². The minimum atomic E-state index is -0.425. The van der Waals surface area contributed by atoms with Crippen molar-refractivity contribution in [1.82, 2.24) is 4.98 Å². The van der Waals surface area contributed by atoms with Gasteiger partial charge in [-0.05, 0) is 72.9 Å². The van der Waals surface area contributed by atoms with Gasteiger partial charge in [-0.25, -0.2) is 4.98 Å². The number of methoxy groups -OCH3 is 1. The van der Waals surface area contributed by atoms with Crippen LogP contribution in [0.3, 0.4) is 0 Å². The summed E-state index contributed by atoms with van der Waals surface area (Å²) < 4.78 is 5.32. The Bertz CT molecular complexity index is 1470. The van der Waals surface area contributed by atoms with E-state index in [1.54, 1.807) is 7.11 Å². The summed E-state index contributed by atoms with van der Waals surface area (Å²) in [6.45, 7) is 8.29. The van der Waals surface area contributed by atoms with Crippen LogP contribution in [0.2, 0.25) is 0 Å². The van der Waals surface area contributed by atoms with Gasteiger partial charge in [0.25, 0.3) is 0 Å². The third-order valence-electron chi connectivity index (χ3n) is 6.61. The number of anilines is 1. The smallest absolute Gasteiger partial charge is 0.237 e. The molecule has 0 saturated heterocycles. The van der Waals surface area contributed by atoms with Crippen molar-refractivity contribution in [3.05, 3.63) is 95.6 Å². The van der Waals surface area contributed by atoms with Crippen molar-refractivity contribution in [3.63, 3.8) is 0 Å². The maximum atomic E-state index is 13.3. The fraction of sp³-hybridized carbons (Fsp3) is 0.242. The number of nitrogens with zero attached hydrogens (tertiary/aromatic N) is 2. The highest BCUT2D eigenvalue weighted by atomic mass is 32.2. The Kier molecular flexibility index (Phi) is 9.06. The molecule has 0 spiro atoms. The predicted molar refractivity (Wildman–Crippen MR) is 160 cm³/mol. The average Bonchev–Trinajstić information content (AvgIpc) is 2.96. The lowest BCUT2D eigenvalue weighted by atomic mass is 9.98. The van der Waals surface area contributed by atoms with Crippen molar-refractivity contribution in [2.24, 2.45) is 0 Å². The molecular formula is C33H33N3O2S. The first kappa shape index (κ1) is 27.9. The number of rotatable bonds is 9. The number of pyridine rings is 1. The van der Waals surface area contributed by atoms with E-state index in [1.165, 1.54) is 17.3 Å². The second kappa shape index (κ2) is 12.6. The van der Waals surface area contributed by atoms with E-state index in [0.29, 0.717) is 22.9 Å². The van der Waals surface area contributed by atoms with E-state index in [4.69, 9.17) is 9.72 Å². The molecule has 0 radical (unpaired) electrons. The Hall–Kier alpha value is -4.08. The number of aryl methyl sites for hydroxylation is 1. The first-order valence-corrected chi connectivity index (χ1v) is 13.9. The maximum Gasteiger partial charge on any atom is 0.237 e. The maximum absolute atomic E-state index is 13.3. The van der Waals surface area contributed by atoms with Crippen molar-refractivity contribution in [3.8, 4) is 34.2 Å². The Labute approximate surface area is 235 Å². The number of benzene rings is 3. The largest absolute Gasteiger partial charge is 0.497 e. The van der Waals surface area contributed by atoms with E-state index in [-0.39, 0.29) is 5.91 Å². The van der Waals surface area contributed by atoms with Crippen molar-refractivity contribution in [2.45, 2.75) is 50.3 Å². The number of nitrogens with one attached hydrogen (secondary N) is 1. The van der Waals surface area contributed by atoms with Crippen LogP contribution in [-0.4, -0.2) is 23.3 Å². The van der Waals surface area contributed by atoms with E-state index in [9.17, 15) is 10.1 Å². The van der Waals surface area contributed by atoms with Gasteiger partial charge < -0.3 is 10.1 Å². The van der Waals surface area contributed by atoms with Gasteiger partial charge in [0.1, 0.15) is 16.8 Å². The Morgan fingerprint density at radius 2 is 1.64 bits per heavy atom. The zero-order valence-electron chi connectivity index (χ0n) is 23.0. The van der Waals surface area contributed by atoms with Crippen molar-refractivity contribution in [2.75, 3.05) is 12.4 Å². The highest BCUT2D eigenvalue weighted by Gasteiger charge is 2.23. The quantitative estimate of drug-likeness (QED) is 0.218. The first-order valence-electron chi connectivity index (χ1n) is 13.1. The fourth-order valence-electron chi connectivity index (χ4n) is 4.22. The number of nitriles is 1. The third-order valence-corrected chi connectivity index (χ3v) is 7.96. The molecule has 1 aromatic heterocycles. The number of ether oxygens (including phenoxy) is 1. The summed E-state index contributed by atoms with van der Waals surface area (Å²) in [7, 11) is 1.63. The normalized spacial score (nSPS) is 11.6. The van der Waals surface area contributed by atoms with Crippen LogP contribution in [0.1, 0.15) is 49.8 Å². The van der Waals surface area contributed by atoms with Gasteiger partial charge in [0.15, 0.2) is 0 Å². The Morgan fingerprint density at radius 1 is 1.00 bits per heavy atom. The van der Waals surface area contributed by atoms with Gasteiger partial charge in [-0.15, -0.1) is 0 Å². The van der Waals surface area contributed by atoms with Gasteiger partial charge in [-0.2, -0.15) is 5.26 Å². The topological polar surface area (TPSA) is 75.0 Å². The minimum absolute atomic E-state index is 0.114. The summed E-state index contributed by atoms with van der Waals surface area (Å²) in [5.74, 6) is 1.06. The number of hydrogen-bond donors (Lipinski definition) is 1. The SMILES string of the molecule is CCC(Sc1nc(-c2ccc(OC)cc2)cc(-c2ccc(C)cc2)c1C#N)C(=O)Nc1ccc(C(C)C)cc1. The second-order valence-corrected chi connectivity index (χ2v) is 10.9. The van der Waals surface area contributed by atoms with Gasteiger partial charge in [-0.3, -0.25) is 4.79 Å². The number of carbonyl (C=O) groups is 1. The molecule has 1 amide bonds. The van der Waals surface area contributed by atoms with Crippen LogP contribution >= 0.6 is 11.8 Å². The molecular weight excluding hydrogens is 502 g/mol. The Morgan fingerprint density at radius 3 is 2.21 bits per heavy atom. The predicted octanol–water partition coefficient (Wildman–Crippen LogP) is 8.24. The number of thioether (sulfide) groups is 1. The van der Waals surface area contributed by atoms with Crippen LogP contribution in [0, 0.1) is 18.3 Å². The van der Waals surface area contributed by atoms with Crippen LogP contribution < -0.4 is 10.1 Å². The molecule has 1 atom stereocenters. The molecule has 1 unspecified atom stereocenters. The molecule has 0 aliphatic rings. The molecule has 6 heteroatoms. The Balaban J connectivity index is 1.72. The summed E-state index contributed by atoms with van der Waals surface area (Å²) in [4.78, 5) is 18.2. The summed E-state index contributed by atoms with van der Waals surface area (Å²) >= 11 is 1.33. The minimum Gasteiger partial charge on any atom is -0.497 e. The van der Waals surface area contributed by atoms with E-state index >= 15 is 0 Å². The van der Waals surface area contributed by atoms with Crippen molar-refractivity contribution < 1.29 is 9.53 Å². The van der Waals surface area contributed by atoms with Crippen LogP contribution in [0.25, 0.3) is 22.4 Å². The zero-order valence-corrected chi connectivity index (χ0v) is 23.8. The molecule has 1 heterocycles. The van der Waals surface area contributed by atoms with Gasteiger partial charge >= 0.3 is 0 Å². The number of carbonyl (C=O) groups excluding carboxylic acids is 1. The average molecular weight is 536 g/mol. The molecule has 5 nitrogen and oxygen atoms in total. The number of hydrogen-bond acceptors (Lipinski definition) is 5. The highest BCUT2D eigenvalue weighted by Crippen LogP contribution is 2.37. The molecule has 4 aromatic rings. The van der Waals surface area contributed by atoms with Crippen LogP contribution in [0.5, 0.6) is 5.75 Å². The van der Waals surface area contributed by atoms with E-state index < -0.39 is 5.25 Å². The molecule has 0 aliphatic heterocycles. The lowest BCUT2D eigenvalue weighted by molar-refractivity contribution is -0.115. The van der Waals surface area contributed by atoms with Crippen LogP contribution in [-0.2, 0) is 4.79 Å². The molecule has 1 N–H and O–H groups in total. The molecule has 198 valence electrons. The van der Waals surface area contributed by atoms with E-state index in [0.717, 1.165) is 39.4 Å². The van der Waals surface area contributed by atoms with Gasteiger partial charge in [0.05, 0.1) is 23.6 Å². The monoisotopic (exact) mass is 535 g/mol. The van der Waals surface area contributed by atoms with Crippen molar-refractivity contribution in [1.29, 1.82) is 5.26 Å².